The molecule has 0 saturated heterocycles. The molecule has 108 valence electrons. The molecular weight excluding hydrogens is 272 g/mol. The molecule has 0 fully saturated rings. The number of methoxy groups -OCH3 is 1. The van der Waals surface area contributed by atoms with E-state index in [2.05, 4.69) is 0 Å². The molecule has 1 aliphatic heterocycles. The van der Waals surface area contributed by atoms with Crippen molar-refractivity contribution in [2.24, 2.45) is 5.92 Å². The predicted octanol–water partition coefficient (Wildman–Crippen LogP) is 1.92. The highest BCUT2D eigenvalue weighted by Crippen LogP contribution is 2.18. The number of rotatable bonds is 4. The van der Waals surface area contributed by atoms with Gasteiger partial charge in [0.05, 0.1) is 7.11 Å². The highest BCUT2D eigenvalue weighted by Gasteiger charge is 2.36. The van der Waals surface area contributed by atoms with Crippen molar-refractivity contribution in [2.45, 2.75) is 6.92 Å². The number of carbonyl (C=O) groups excluding carboxylic acids is 3. The Morgan fingerprint density at radius 3 is 2.76 bits per heavy atom. The van der Waals surface area contributed by atoms with Gasteiger partial charge < -0.3 is 9.47 Å². The van der Waals surface area contributed by atoms with E-state index in [1.165, 1.54) is 19.1 Å². The molecule has 1 unspecified atom stereocenters. The van der Waals surface area contributed by atoms with Crippen LogP contribution in [0.5, 0.6) is 5.75 Å². The van der Waals surface area contributed by atoms with Crippen LogP contribution in [0, 0.1) is 5.92 Å². The molecule has 0 aromatic heterocycles. The topological polar surface area (TPSA) is 69.7 Å². The van der Waals surface area contributed by atoms with Crippen LogP contribution in [0.2, 0.25) is 0 Å². The molecule has 1 aromatic rings. The van der Waals surface area contributed by atoms with Crippen LogP contribution in [0.15, 0.2) is 42.2 Å². The number of carbonyl (C=O) groups is 3. The standard InChI is InChI=1S/C16H14O5/c1-10-8-14(18)15(16(19)21-10)13(17)7-6-11-4-3-5-12(9-11)20-2/h3-9,15H,1-2H3. The Morgan fingerprint density at radius 1 is 1.33 bits per heavy atom. The van der Waals surface area contributed by atoms with Crippen molar-refractivity contribution in [2.75, 3.05) is 7.11 Å². The summed E-state index contributed by atoms with van der Waals surface area (Å²) >= 11 is 0. The fourth-order valence-electron chi connectivity index (χ4n) is 1.92. The third kappa shape index (κ3) is 3.45. The van der Waals surface area contributed by atoms with Crippen LogP contribution in [0.25, 0.3) is 6.08 Å². The number of esters is 1. The second-order valence-electron chi connectivity index (χ2n) is 4.52. The minimum absolute atomic E-state index is 0.200. The van der Waals surface area contributed by atoms with Crippen molar-refractivity contribution < 1.29 is 23.9 Å². The van der Waals surface area contributed by atoms with Crippen LogP contribution in [-0.2, 0) is 19.1 Å². The Bertz CT molecular complexity index is 654. The molecule has 0 spiro atoms. The fourth-order valence-corrected chi connectivity index (χ4v) is 1.92. The van der Waals surface area contributed by atoms with Gasteiger partial charge in [-0.25, -0.2) is 0 Å². The molecule has 5 nitrogen and oxygen atoms in total. The lowest BCUT2D eigenvalue weighted by Crippen LogP contribution is -2.34. The SMILES string of the molecule is COc1cccc(C=CC(=O)C2C(=O)C=C(C)OC2=O)c1. The minimum Gasteiger partial charge on any atom is -0.497 e. The van der Waals surface area contributed by atoms with Crippen LogP contribution in [0.3, 0.4) is 0 Å². The maximum absolute atomic E-state index is 12.0. The van der Waals surface area contributed by atoms with Gasteiger partial charge >= 0.3 is 5.97 Å². The van der Waals surface area contributed by atoms with E-state index in [-0.39, 0.29) is 5.76 Å². The Hall–Kier alpha value is -2.69. The molecule has 0 radical (unpaired) electrons. The van der Waals surface area contributed by atoms with Crippen molar-refractivity contribution in [1.29, 1.82) is 0 Å². The summed E-state index contributed by atoms with van der Waals surface area (Å²) in [5.74, 6) is -2.54. The Labute approximate surface area is 121 Å². The van der Waals surface area contributed by atoms with Gasteiger partial charge in [0.25, 0.3) is 0 Å². The first-order chi connectivity index (χ1) is 10.0. The molecule has 1 aliphatic rings. The summed E-state index contributed by atoms with van der Waals surface area (Å²) in [6.45, 7) is 1.49. The van der Waals surface area contributed by atoms with Crippen molar-refractivity contribution in [1.82, 2.24) is 0 Å². The lowest BCUT2D eigenvalue weighted by molar-refractivity contribution is -0.151. The first-order valence-corrected chi connectivity index (χ1v) is 6.31. The maximum atomic E-state index is 12.0. The number of ketones is 2. The zero-order valence-corrected chi connectivity index (χ0v) is 11.7. The fraction of sp³-hybridized carbons (Fsp3) is 0.188. The second-order valence-corrected chi connectivity index (χ2v) is 4.52. The van der Waals surface area contributed by atoms with Crippen LogP contribution in [-0.4, -0.2) is 24.6 Å². The van der Waals surface area contributed by atoms with E-state index < -0.39 is 23.5 Å². The van der Waals surface area contributed by atoms with Crippen LogP contribution in [0.1, 0.15) is 12.5 Å². The average Bonchev–Trinajstić information content (AvgIpc) is 2.44. The van der Waals surface area contributed by atoms with E-state index in [0.29, 0.717) is 5.75 Å². The number of benzene rings is 1. The summed E-state index contributed by atoms with van der Waals surface area (Å²) in [5, 5.41) is 0. The van der Waals surface area contributed by atoms with E-state index in [4.69, 9.17) is 9.47 Å². The van der Waals surface area contributed by atoms with E-state index >= 15 is 0 Å². The molecular formula is C16H14O5. The zero-order chi connectivity index (χ0) is 15.4. The Morgan fingerprint density at radius 2 is 2.10 bits per heavy atom. The van der Waals surface area contributed by atoms with Gasteiger partial charge in [0.2, 0.25) is 0 Å². The van der Waals surface area contributed by atoms with Gasteiger partial charge in [-0.1, -0.05) is 18.2 Å². The third-order valence-corrected chi connectivity index (χ3v) is 2.95. The summed E-state index contributed by atoms with van der Waals surface area (Å²) in [4.78, 5) is 35.3. The molecule has 5 heteroatoms. The molecule has 2 rings (SSSR count). The molecule has 0 amide bonds. The van der Waals surface area contributed by atoms with Gasteiger partial charge in [-0.3, -0.25) is 14.4 Å². The summed E-state index contributed by atoms with van der Waals surface area (Å²) in [6, 6.07) is 7.05. The number of cyclic esters (lactones) is 1. The first kappa shape index (κ1) is 14.7. The third-order valence-electron chi connectivity index (χ3n) is 2.95. The lowest BCUT2D eigenvalue weighted by atomic mass is 9.96. The monoisotopic (exact) mass is 286 g/mol. The highest BCUT2D eigenvalue weighted by atomic mass is 16.5. The van der Waals surface area contributed by atoms with E-state index in [1.54, 1.807) is 31.4 Å². The van der Waals surface area contributed by atoms with E-state index in [9.17, 15) is 14.4 Å². The molecule has 0 N–H and O–H groups in total. The molecule has 1 aromatic carbocycles. The zero-order valence-electron chi connectivity index (χ0n) is 11.7. The Kier molecular flexibility index (Phi) is 4.33. The molecule has 0 bridgehead atoms. The normalized spacial score (nSPS) is 18.4. The second kappa shape index (κ2) is 6.17. The molecule has 21 heavy (non-hydrogen) atoms. The van der Waals surface area contributed by atoms with Gasteiger partial charge in [0, 0.05) is 6.08 Å². The molecule has 0 saturated carbocycles. The molecule has 0 aliphatic carbocycles. The van der Waals surface area contributed by atoms with E-state index in [0.717, 1.165) is 11.6 Å². The van der Waals surface area contributed by atoms with Gasteiger partial charge in [-0.05, 0) is 30.7 Å². The summed E-state index contributed by atoms with van der Waals surface area (Å²) < 4.78 is 9.87. The number of allylic oxidation sites excluding steroid dienone is 3. The average molecular weight is 286 g/mol. The van der Waals surface area contributed by atoms with Crippen LogP contribution in [0.4, 0.5) is 0 Å². The van der Waals surface area contributed by atoms with Gasteiger partial charge in [0.1, 0.15) is 11.5 Å². The van der Waals surface area contributed by atoms with Crippen molar-refractivity contribution in [3.8, 4) is 5.75 Å². The smallest absolute Gasteiger partial charge is 0.329 e. The lowest BCUT2D eigenvalue weighted by Gasteiger charge is -2.15. The van der Waals surface area contributed by atoms with Crippen molar-refractivity contribution in [3.63, 3.8) is 0 Å². The van der Waals surface area contributed by atoms with Crippen molar-refractivity contribution >= 4 is 23.6 Å². The molecule has 1 heterocycles. The van der Waals surface area contributed by atoms with Crippen LogP contribution >= 0.6 is 0 Å². The number of ether oxygens (including phenoxy) is 2. The quantitative estimate of drug-likeness (QED) is 0.480. The highest BCUT2D eigenvalue weighted by molar-refractivity contribution is 6.25. The van der Waals surface area contributed by atoms with Gasteiger partial charge in [0.15, 0.2) is 17.5 Å². The van der Waals surface area contributed by atoms with Gasteiger partial charge in [-0.15, -0.1) is 0 Å². The van der Waals surface area contributed by atoms with Gasteiger partial charge in [-0.2, -0.15) is 0 Å². The summed E-state index contributed by atoms with van der Waals surface area (Å²) in [5.41, 5.74) is 0.728. The minimum atomic E-state index is -1.41. The maximum Gasteiger partial charge on any atom is 0.329 e. The Balaban J connectivity index is 2.15. The summed E-state index contributed by atoms with van der Waals surface area (Å²) in [6.07, 6.45) is 3.88. The van der Waals surface area contributed by atoms with E-state index in [1.807, 2.05) is 0 Å². The van der Waals surface area contributed by atoms with Crippen LogP contribution < -0.4 is 4.74 Å². The largest absolute Gasteiger partial charge is 0.497 e. The first-order valence-electron chi connectivity index (χ1n) is 6.31. The number of hydrogen-bond donors (Lipinski definition) is 0. The molecule has 1 atom stereocenters. The summed E-state index contributed by atoms with van der Waals surface area (Å²) in [7, 11) is 1.54. The predicted molar refractivity (Wildman–Crippen MR) is 75.4 cm³/mol. The number of hydrogen-bond acceptors (Lipinski definition) is 5. The van der Waals surface area contributed by atoms with Crippen molar-refractivity contribution in [3.05, 3.63) is 47.7 Å².